The van der Waals surface area contributed by atoms with Crippen LogP contribution in [0.3, 0.4) is 0 Å². The Kier molecular flexibility index (Phi) is 5.18. The standard InChI is InChI=1S/C17H19N3O4S/c1-3-24-17(22)20-8-7-13-14(10-20)25-16(18-13)19-15(21)11-5-4-6-12(9-11)23-2/h4-6,9H,3,7-8,10H2,1-2H3,(H,18,19,21). The van der Waals surface area contributed by atoms with E-state index in [1.165, 1.54) is 11.3 Å². The summed E-state index contributed by atoms with van der Waals surface area (Å²) in [5, 5.41) is 3.35. The summed E-state index contributed by atoms with van der Waals surface area (Å²) >= 11 is 1.38. The molecular weight excluding hydrogens is 342 g/mol. The average molecular weight is 361 g/mol. The second kappa shape index (κ2) is 7.52. The number of hydrogen-bond acceptors (Lipinski definition) is 6. The van der Waals surface area contributed by atoms with Gasteiger partial charge in [-0.25, -0.2) is 9.78 Å². The topological polar surface area (TPSA) is 80.8 Å². The van der Waals surface area contributed by atoms with E-state index in [1.54, 1.807) is 43.2 Å². The van der Waals surface area contributed by atoms with Gasteiger partial charge in [-0.3, -0.25) is 10.1 Å². The lowest BCUT2D eigenvalue weighted by Crippen LogP contribution is -2.35. The van der Waals surface area contributed by atoms with E-state index in [2.05, 4.69) is 10.3 Å². The molecule has 7 nitrogen and oxygen atoms in total. The smallest absolute Gasteiger partial charge is 0.410 e. The zero-order valence-electron chi connectivity index (χ0n) is 14.1. The molecule has 8 heteroatoms. The van der Waals surface area contributed by atoms with Gasteiger partial charge in [0.05, 0.1) is 26.0 Å². The van der Waals surface area contributed by atoms with Crippen LogP contribution in [-0.2, 0) is 17.7 Å². The summed E-state index contributed by atoms with van der Waals surface area (Å²) < 4.78 is 10.2. The number of nitrogens with zero attached hydrogens (tertiary/aromatic N) is 2. The van der Waals surface area contributed by atoms with E-state index < -0.39 is 0 Å². The van der Waals surface area contributed by atoms with Gasteiger partial charge in [-0.2, -0.15) is 0 Å². The number of methoxy groups -OCH3 is 1. The number of anilines is 1. The van der Waals surface area contributed by atoms with Gasteiger partial charge < -0.3 is 14.4 Å². The summed E-state index contributed by atoms with van der Waals surface area (Å²) in [7, 11) is 1.56. The molecule has 0 saturated heterocycles. The number of fused-ring (bicyclic) bond motifs is 1. The largest absolute Gasteiger partial charge is 0.497 e. The number of thiazole rings is 1. The lowest BCUT2D eigenvalue weighted by atomic mass is 10.2. The van der Waals surface area contributed by atoms with Crippen molar-refractivity contribution in [2.24, 2.45) is 0 Å². The van der Waals surface area contributed by atoms with Crippen molar-refractivity contribution in [2.45, 2.75) is 19.9 Å². The van der Waals surface area contributed by atoms with Crippen LogP contribution >= 0.6 is 11.3 Å². The van der Waals surface area contributed by atoms with Gasteiger partial charge in [-0.15, -0.1) is 0 Å². The number of carbonyl (C=O) groups is 2. The third-order valence-electron chi connectivity index (χ3n) is 3.81. The van der Waals surface area contributed by atoms with E-state index in [9.17, 15) is 9.59 Å². The predicted octanol–water partition coefficient (Wildman–Crippen LogP) is 2.92. The highest BCUT2D eigenvalue weighted by Crippen LogP contribution is 2.29. The first-order chi connectivity index (χ1) is 12.1. The van der Waals surface area contributed by atoms with E-state index in [1.807, 2.05) is 0 Å². The Morgan fingerprint density at radius 2 is 2.24 bits per heavy atom. The average Bonchev–Trinajstić information content (AvgIpc) is 3.03. The van der Waals surface area contributed by atoms with Gasteiger partial charge in [0, 0.05) is 23.4 Å². The molecule has 0 atom stereocenters. The highest BCUT2D eigenvalue weighted by Gasteiger charge is 2.25. The second-order valence-corrected chi connectivity index (χ2v) is 6.53. The molecule has 25 heavy (non-hydrogen) atoms. The zero-order valence-corrected chi connectivity index (χ0v) is 14.9. The van der Waals surface area contributed by atoms with Crippen LogP contribution in [0.2, 0.25) is 0 Å². The van der Waals surface area contributed by atoms with Crippen molar-refractivity contribution >= 4 is 28.5 Å². The lowest BCUT2D eigenvalue weighted by Gasteiger charge is -2.24. The Balaban J connectivity index is 1.69. The molecule has 1 N–H and O–H groups in total. The molecule has 2 aromatic rings. The minimum absolute atomic E-state index is 0.243. The maximum atomic E-state index is 12.4. The SMILES string of the molecule is CCOC(=O)N1CCc2nc(NC(=O)c3cccc(OC)c3)sc2C1. The van der Waals surface area contributed by atoms with Gasteiger partial charge in [0.15, 0.2) is 5.13 Å². The Hall–Kier alpha value is -2.61. The fourth-order valence-electron chi connectivity index (χ4n) is 2.55. The highest BCUT2D eigenvalue weighted by molar-refractivity contribution is 7.15. The minimum atomic E-state index is -0.316. The van der Waals surface area contributed by atoms with Crippen molar-refractivity contribution in [1.82, 2.24) is 9.88 Å². The highest BCUT2D eigenvalue weighted by atomic mass is 32.1. The maximum absolute atomic E-state index is 12.4. The van der Waals surface area contributed by atoms with Crippen LogP contribution in [0.4, 0.5) is 9.93 Å². The Morgan fingerprint density at radius 1 is 1.40 bits per heavy atom. The molecule has 0 aliphatic carbocycles. The lowest BCUT2D eigenvalue weighted by molar-refractivity contribution is 0.102. The van der Waals surface area contributed by atoms with Crippen LogP contribution in [0.5, 0.6) is 5.75 Å². The monoisotopic (exact) mass is 361 g/mol. The van der Waals surface area contributed by atoms with Crippen LogP contribution in [0.1, 0.15) is 27.9 Å². The van der Waals surface area contributed by atoms with E-state index in [-0.39, 0.29) is 12.0 Å². The predicted molar refractivity (Wildman–Crippen MR) is 94.2 cm³/mol. The number of amides is 2. The summed E-state index contributed by atoms with van der Waals surface area (Å²) in [5.41, 5.74) is 1.42. The number of hydrogen-bond donors (Lipinski definition) is 1. The van der Waals surface area contributed by atoms with Gasteiger partial charge in [-0.1, -0.05) is 17.4 Å². The van der Waals surface area contributed by atoms with Crippen LogP contribution in [0.25, 0.3) is 0 Å². The fraction of sp³-hybridized carbons (Fsp3) is 0.353. The van der Waals surface area contributed by atoms with Crippen molar-refractivity contribution in [3.8, 4) is 5.75 Å². The molecule has 132 valence electrons. The molecule has 1 aromatic heterocycles. The van der Waals surface area contributed by atoms with Crippen LogP contribution in [0.15, 0.2) is 24.3 Å². The van der Waals surface area contributed by atoms with Gasteiger partial charge in [0.2, 0.25) is 0 Å². The van der Waals surface area contributed by atoms with Crippen LogP contribution in [-0.4, -0.2) is 42.1 Å². The minimum Gasteiger partial charge on any atom is -0.497 e. The van der Waals surface area contributed by atoms with E-state index in [0.29, 0.717) is 42.6 Å². The number of rotatable bonds is 4. The number of benzene rings is 1. The second-order valence-electron chi connectivity index (χ2n) is 5.45. The van der Waals surface area contributed by atoms with E-state index in [0.717, 1.165) is 10.6 Å². The molecule has 1 aromatic carbocycles. The van der Waals surface area contributed by atoms with Gasteiger partial charge in [0.25, 0.3) is 5.91 Å². The number of ether oxygens (including phenoxy) is 2. The number of nitrogens with one attached hydrogen (secondary N) is 1. The quantitative estimate of drug-likeness (QED) is 0.906. The van der Waals surface area contributed by atoms with Crippen molar-refractivity contribution in [2.75, 3.05) is 25.6 Å². The fourth-order valence-corrected chi connectivity index (χ4v) is 3.57. The van der Waals surface area contributed by atoms with Crippen LogP contribution in [0, 0.1) is 0 Å². The van der Waals surface area contributed by atoms with Crippen LogP contribution < -0.4 is 10.1 Å². The summed E-state index contributed by atoms with van der Waals surface area (Å²) in [4.78, 5) is 31.3. The molecule has 1 aliphatic heterocycles. The Bertz CT molecular complexity index is 790. The van der Waals surface area contributed by atoms with Crippen molar-refractivity contribution < 1.29 is 19.1 Å². The van der Waals surface area contributed by atoms with Gasteiger partial charge >= 0.3 is 6.09 Å². The molecule has 0 spiro atoms. The molecule has 3 rings (SSSR count). The van der Waals surface area contributed by atoms with Gasteiger partial charge in [0.1, 0.15) is 5.75 Å². The first-order valence-corrected chi connectivity index (χ1v) is 8.78. The van der Waals surface area contributed by atoms with Crippen molar-refractivity contribution in [3.63, 3.8) is 0 Å². The first kappa shape index (κ1) is 17.2. The molecule has 2 heterocycles. The molecule has 0 fully saturated rings. The Morgan fingerprint density at radius 3 is 3.00 bits per heavy atom. The molecule has 1 aliphatic rings. The van der Waals surface area contributed by atoms with E-state index in [4.69, 9.17) is 9.47 Å². The molecule has 0 radical (unpaired) electrons. The normalized spacial score (nSPS) is 13.1. The molecular formula is C17H19N3O4S. The summed E-state index contributed by atoms with van der Waals surface area (Å²) in [6.45, 7) is 3.17. The molecule has 0 bridgehead atoms. The summed E-state index contributed by atoms with van der Waals surface area (Å²) in [6.07, 6.45) is 0.336. The number of aromatic nitrogens is 1. The third kappa shape index (κ3) is 3.90. The number of carbonyl (C=O) groups excluding carboxylic acids is 2. The maximum Gasteiger partial charge on any atom is 0.410 e. The zero-order chi connectivity index (χ0) is 17.8. The summed E-state index contributed by atoms with van der Waals surface area (Å²) in [6, 6.07) is 6.93. The van der Waals surface area contributed by atoms with Gasteiger partial charge in [-0.05, 0) is 25.1 Å². The van der Waals surface area contributed by atoms with E-state index >= 15 is 0 Å². The van der Waals surface area contributed by atoms with Crippen molar-refractivity contribution in [1.29, 1.82) is 0 Å². The molecule has 0 saturated carbocycles. The molecule has 0 unspecified atom stereocenters. The van der Waals surface area contributed by atoms with Crippen molar-refractivity contribution in [3.05, 3.63) is 40.4 Å². The third-order valence-corrected chi connectivity index (χ3v) is 4.81. The summed E-state index contributed by atoms with van der Waals surface area (Å²) in [5.74, 6) is 0.378. The Labute approximate surface area is 149 Å². The first-order valence-electron chi connectivity index (χ1n) is 7.96. The molecule has 2 amide bonds.